The minimum absolute atomic E-state index is 0.105. The predicted octanol–water partition coefficient (Wildman–Crippen LogP) is 10.2. The van der Waals surface area contributed by atoms with Gasteiger partial charge in [0.1, 0.15) is 33.8 Å². The van der Waals surface area contributed by atoms with Crippen LogP contribution in [0.2, 0.25) is 0 Å². The SMILES string of the molecule is C=CC=C(C)OCCCCOc1cc2oc3cc(OCCCCOC(=C)C=CC)c(CC=C(C)C)c(O)c3c(=O)c2c(CC=C(C)C)c1OC. The second-order valence-corrected chi connectivity index (χ2v) is 12.5. The van der Waals surface area contributed by atoms with Crippen LogP contribution in [0.3, 0.4) is 0 Å². The van der Waals surface area contributed by atoms with E-state index in [4.69, 9.17) is 28.1 Å². The number of ether oxygens (including phenoxy) is 5. The zero-order valence-electron chi connectivity index (χ0n) is 30.9. The van der Waals surface area contributed by atoms with Gasteiger partial charge in [0, 0.05) is 23.3 Å². The summed E-state index contributed by atoms with van der Waals surface area (Å²) in [5, 5.41) is 12.1. The van der Waals surface area contributed by atoms with Crippen LogP contribution >= 0.6 is 0 Å². The molecule has 0 amide bonds. The molecule has 1 heterocycles. The van der Waals surface area contributed by atoms with Gasteiger partial charge in [0.2, 0.25) is 5.43 Å². The van der Waals surface area contributed by atoms with Crippen LogP contribution in [0.1, 0.15) is 78.4 Å². The summed E-state index contributed by atoms with van der Waals surface area (Å²) in [6.07, 6.45) is 15.1. The van der Waals surface area contributed by atoms with Crippen molar-refractivity contribution in [1.29, 1.82) is 0 Å². The Balaban J connectivity index is 2.05. The molecule has 1 N–H and O–H groups in total. The molecule has 0 aliphatic heterocycles. The molecule has 50 heavy (non-hydrogen) atoms. The Morgan fingerprint density at radius 3 is 1.98 bits per heavy atom. The van der Waals surface area contributed by atoms with Gasteiger partial charge in [0.05, 0.1) is 44.7 Å². The van der Waals surface area contributed by atoms with E-state index >= 15 is 0 Å². The molecule has 0 bridgehead atoms. The van der Waals surface area contributed by atoms with Gasteiger partial charge in [-0.15, -0.1) is 0 Å². The van der Waals surface area contributed by atoms with Crippen LogP contribution < -0.4 is 19.6 Å². The lowest BCUT2D eigenvalue weighted by atomic mass is 9.98. The van der Waals surface area contributed by atoms with Crippen molar-refractivity contribution in [1.82, 2.24) is 0 Å². The second kappa shape index (κ2) is 20.0. The van der Waals surface area contributed by atoms with Crippen molar-refractivity contribution in [3.63, 3.8) is 0 Å². The highest BCUT2D eigenvalue weighted by atomic mass is 16.5. The van der Waals surface area contributed by atoms with Gasteiger partial charge in [-0.25, -0.2) is 0 Å². The molecule has 0 aliphatic carbocycles. The molecule has 8 nitrogen and oxygen atoms in total. The molecule has 0 saturated carbocycles. The lowest BCUT2D eigenvalue weighted by molar-refractivity contribution is 0.196. The van der Waals surface area contributed by atoms with Crippen LogP contribution in [0.5, 0.6) is 23.0 Å². The van der Waals surface area contributed by atoms with Crippen molar-refractivity contribution in [3.05, 3.63) is 106 Å². The minimum Gasteiger partial charge on any atom is -0.507 e. The lowest BCUT2D eigenvalue weighted by Crippen LogP contribution is -2.10. The highest BCUT2D eigenvalue weighted by molar-refractivity contribution is 5.98. The first-order chi connectivity index (χ1) is 24.0. The predicted molar refractivity (Wildman–Crippen MR) is 204 cm³/mol. The van der Waals surface area contributed by atoms with Crippen LogP contribution in [0, 0.1) is 0 Å². The average Bonchev–Trinajstić information content (AvgIpc) is 3.06. The van der Waals surface area contributed by atoms with E-state index in [9.17, 15) is 9.90 Å². The normalized spacial score (nSPS) is 11.5. The smallest absolute Gasteiger partial charge is 0.204 e. The fourth-order valence-electron chi connectivity index (χ4n) is 5.32. The number of rotatable bonds is 21. The monoisotopic (exact) mass is 686 g/mol. The lowest BCUT2D eigenvalue weighted by Gasteiger charge is -2.18. The molecule has 3 rings (SSSR count). The zero-order chi connectivity index (χ0) is 36.6. The molecule has 1 aromatic heterocycles. The topological polar surface area (TPSA) is 96.6 Å². The number of phenols is 1. The van der Waals surface area contributed by atoms with E-state index in [-0.39, 0.29) is 22.1 Å². The molecule has 0 unspecified atom stereocenters. The third kappa shape index (κ3) is 11.1. The number of hydrogen-bond acceptors (Lipinski definition) is 8. The Bertz CT molecular complexity index is 1810. The Hall–Kier alpha value is -4.85. The van der Waals surface area contributed by atoms with E-state index in [1.165, 1.54) is 0 Å². The summed E-state index contributed by atoms with van der Waals surface area (Å²) < 4.78 is 36.0. The summed E-state index contributed by atoms with van der Waals surface area (Å²) in [6, 6.07) is 3.41. The van der Waals surface area contributed by atoms with Crippen LogP contribution in [-0.4, -0.2) is 38.6 Å². The maximum atomic E-state index is 14.4. The van der Waals surface area contributed by atoms with Crippen LogP contribution in [-0.2, 0) is 22.3 Å². The Morgan fingerprint density at radius 2 is 1.38 bits per heavy atom. The number of phenolic OH excluding ortho intramolecular Hbond substituents is 1. The Kier molecular flexibility index (Phi) is 15.8. The zero-order valence-corrected chi connectivity index (χ0v) is 30.9. The third-order valence-electron chi connectivity index (χ3n) is 7.86. The molecule has 0 aliphatic rings. The molecule has 0 fully saturated rings. The molecule has 8 heteroatoms. The Labute approximate surface area is 297 Å². The molecule has 2 aromatic carbocycles. The van der Waals surface area contributed by atoms with Gasteiger partial charge < -0.3 is 33.2 Å². The largest absolute Gasteiger partial charge is 0.507 e. The van der Waals surface area contributed by atoms with Gasteiger partial charge in [-0.2, -0.15) is 0 Å². The van der Waals surface area contributed by atoms with Crippen molar-refractivity contribution in [2.75, 3.05) is 33.5 Å². The summed E-state index contributed by atoms with van der Waals surface area (Å²) in [5.41, 5.74) is 3.55. The summed E-state index contributed by atoms with van der Waals surface area (Å²) in [4.78, 5) is 14.4. The van der Waals surface area contributed by atoms with Crippen molar-refractivity contribution in [2.45, 2.75) is 80.1 Å². The fraction of sp³-hybridized carbons (Fsp3) is 0.405. The van der Waals surface area contributed by atoms with Crippen LogP contribution in [0.25, 0.3) is 21.9 Å². The number of unbranched alkanes of at least 4 members (excludes halogenated alkanes) is 2. The third-order valence-corrected chi connectivity index (χ3v) is 7.86. The highest BCUT2D eigenvalue weighted by Gasteiger charge is 2.24. The fourth-order valence-corrected chi connectivity index (χ4v) is 5.32. The van der Waals surface area contributed by atoms with Gasteiger partial charge in [-0.3, -0.25) is 4.79 Å². The van der Waals surface area contributed by atoms with E-state index < -0.39 is 0 Å². The number of fused-ring (bicyclic) bond motifs is 2. The van der Waals surface area contributed by atoms with Crippen molar-refractivity contribution in [3.8, 4) is 23.0 Å². The number of aromatic hydroxyl groups is 1. The number of benzene rings is 2. The summed E-state index contributed by atoms with van der Waals surface area (Å²) in [6.45, 7) is 21.2. The van der Waals surface area contributed by atoms with Gasteiger partial charge in [-0.1, -0.05) is 48.6 Å². The van der Waals surface area contributed by atoms with E-state index in [0.29, 0.717) is 84.4 Å². The number of allylic oxidation sites excluding steroid dienone is 9. The Morgan fingerprint density at radius 1 is 0.820 bits per heavy atom. The number of hydrogen-bond donors (Lipinski definition) is 1. The van der Waals surface area contributed by atoms with Crippen LogP contribution in [0.15, 0.2) is 93.6 Å². The van der Waals surface area contributed by atoms with Gasteiger partial charge in [0.25, 0.3) is 0 Å². The molecular formula is C42H54O8. The van der Waals surface area contributed by atoms with E-state index in [0.717, 1.165) is 42.6 Å². The van der Waals surface area contributed by atoms with E-state index in [1.54, 1.807) is 25.3 Å². The summed E-state index contributed by atoms with van der Waals surface area (Å²) in [7, 11) is 1.56. The van der Waals surface area contributed by atoms with E-state index in [2.05, 4.69) is 13.2 Å². The molecule has 0 saturated heterocycles. The summed E-state index contributed by atoms with van der Waals surface area (Å²) >= 11 is 0. The van der Waals surface area contributed by atoms with Crippen molar-refractivity contribution >= 4 is 21.9 Å². The van der Waals surface area contributed by atoms with Gasteiger partial charge in [0.15, 0.2) is 11.5 Å². The maximum absolute atomic E-state index is 14.4. The standard InChI is InChI=1S/C42H54O8/c1-10-16-30(7)46-22-12-14-24-48-34-26-36-39(40(43)32(34)20-18-28(3)4)41(44)38-33(21-19-29(5)6)42(45-9)37(27-35(38)50-36)49-25-15-13-23-47-31(8)17-11-2/h10-11,16-19,26-27,43H,2,7,12-15,20-25H2,1,3-6,8-9H3. The first kappa shape index (κ1) is 39.6. The number of methoxy groups -OCH3 is 1. The molecule has 270 valence electrons. The highest BCUT2D eigenvalue weighted by Crippen LogP contribution is 2.41. The second-order valence-electron chi connectivity index (χ2n) is 12.5. The van der Waals surface area contributed by atoms with E-state index in [1.807, 2.05) is 71.9 Å². The van der Waals surface area contributed by atoms with Gasteiger partial charge >= 0.3 is 0 Å². The molecule has 3 aromatic rings. The molecular weight excluding hydrogens is 632 g/mol. The molecule has 0 radical (unpaired) electrons. The average molecular weight is 687 g/mol. The van der Waals surface area contributed by atoms with Gasteiger partial charge in [-0.05, 0) is 92.2 Å². The molecule has 0 spiro atoms. The quantitative estimate of drug-likeness (QED) is 0.0389. The van der Waals surface area contributed by atoms with Crippen molar-refractivity contribution in [2.24, 2.45) is 0 Å². The summed E-state index contributed by atoms with van der Waals surface area (Å²) in [5.74, 6) is 2.68. The first-order valence-electron chi connectivity index (χ1n) is 17.3. The molecule has 0 atom stereocenters. The van der Waals surface area contributed by atoms with Crippen LogP contribution in [0.4, 0.5) is 0 Å². The maximum Gasteiger partial charge on any atom is 0.204 e. The minimum atomic E-state index is -0.343. The van der Waals surface area contributed by atoms with Crippen molar-refractivity contribution < 1.29 is 33.2 Å². The first-order valence-corrected chi connectivity index (χ1v) is 17.3.